The van der Waals surface area contributed by atoms with Crippen LogP contribution in [0, 0.1) is 0 Å². The minimum Gasteiger partial charge on any atom is -0.495 e. The summed E-state index contributed by atoms with van der Waals surface area (Å²) < 4.78 is 13.3. The van der Waals surface area contributed by atoms with Gasteiger partial charge in [0.2, 0.25) is 5.91 Å². The number of likely N-dealkylation sites (tertiary alicyclic amines) is 1. The van der Waals surface area contributed by atoms with Gasteiger partial charge in [-0.1, -0.05) is 24.2 Å². The van der Waals surface area contributed by atoms with E-state index >= 15 is 0 Å². The molecule has 0 bridgehead atoms. The molecule has 0 saturated carbocycles. The predicted octanol–water partition coefficient (Wildman–Crippen LogP) is 5.90. The maximum atomic E-state index is 12.0. The first-order valence-corrected chi connectivity index (χ1v) is 11.8. The van der Waals surface area contributed by atoms with Gasteiger partial charge in [0.25, 0.3) is 0 Å². The lowest BCUT2D eigenvalue weighted by Gasteiger charge is -2.31. The average molecular weight is 489 g/mol. The highest BCUT2D eigenvalue weighted by atomic mass is 35.5. The van der Waals surface area contributed by atoms with Crippen molar-refractivity contribution in [2.45, 2.75) is 18.9 Å². The van der Waals surface area contributed by atoms with Gasteiger partial charge in [-0.2, -0.15) is 5.10 Å². The van der Waals surface area contributed by atoms with Gasteiger partial charge in [-0.3, -0.25) is 14.5 Å². The molecule has 178 valence electrons. The Balaban J connectivity index is 1.41. The first-order valence-electron chi connectivity index (χ1n) is 11.4. The number of carbonyl (C=O) groups is 1. The fraction of sp³-hybridized carbons (Fsp3) is 0.222. The van der Waals surface area contributed by atoms with Crippen LogP contribution in [0.5, 0.6) is 17.2 Å². The highest BCUT2D eigenvalue weighted by Gasteiger charge is 2.25. The van der Waals surface area contributed by atoms with Crippen LogP contribution in [0.15, 0.2) is 73.6 Å². The zero-order valence-corrected chi connectivity index (χ0v) is 20.1. The summed E-state index contributed by atoms with van der Waals surface area (Å²) in [6.45, 7) is 4.98. The van der Waals surface area contributed by atoms with Gasteiger partial charge in [-0.15, -0.1) is 0 Å². The van der Waals surface area contributed by atoms with E-state index in [2.05, 4.69) is 16.2 Å². The Morgan fingerprint density at radius 1 is 1.11 bits per heavy atom. The second-order valence-electron chi connectivity index (χ2n) is 8.35. The second kappa shape index (κ2) is 9.80. The molecule has 1 fully saturated rings. The molecule has 0 aliphatic carbocycles. The van der Waals surface area contributed by atoms with E-state index in [4.69, 9.17) is 26.2 Å². The Kier molecular flexibility index (Phi) is 6.42. The summed E-state index contributed by atoms with van der Waals surface area (Å²) in [5.41, 5.74) is 2.86. The molecule has 0 unspecified atom stereocenters. The molecule has 7 nitrogen and oxygen atoms in total. The summed E-state index contributed by atoms with van der Waals surface area (Å²) in [4.78, 5) is 18.1. The summed E-state index contributed by atoms with van der Waals surface area (Å²) in [6, 6.07) is 15.4. The number of nitrogens with zero attached hydrogens (tertiary/aromatic N) is 4. The Morgan fingerprint density at radius 3 is 2.57 bits per heavy atom. The Labute approximate surface area is 208 Å². The molecule has 35 heavy (non-hydrogen) atoms. The van der Waals surface area contributed by atoms with Crippen molar-refractivity contribution in [2.24, 2.45) is 0 Å². The van der Waals surface area contributed by atoms with Crippen LogP contribution < -0.4 is 9.47 Å². The van der Waals surface area contributed by atoms with Crippen molar-refractivity contribution < 1.29 is 14.3 Å². The van der Waals surface area contributed by atoms with Crippen molar-refractivity contribution in [1.29, 1.82) is 0 Å². The smallest absolute Gasteiger partial charge is 0.245 e. The van der Waals surface area contributed by atoms with Crippen molar-refractivity contribution in [3.8, 4) is 28.5 Å². The summed E-state index contributed by atoms with van der Waals surface area (Å²) in [6.07, 6.45) is 6.70. The standard InChI is InChI=1S/C27H25ClN4O3/c1-3-25(33)31-15-12-19(13-16-31)32-22-11-14-29-17-21(22)27(30-32)18-7-9-20(10-8-18)35-24-6-4-5-23(34-2)26(24)28/h3-11,14,17,19H,1,12-13,15-16H2,2H3. The molecule has 0 N–H and O–H groups in total. The molecule has 1 amide bonds. The molecule has 0 atom stereocenters. The highest BCUT2D eigenvalue weighted by molar-refractivity contribution is 6.33. The minimum absolute atomic E-state index is 0.0174. The van der Waals surface area contributed by atoms with Crippen molar-refractivity contribution in [2.75, 3.05) is 20.2 Å². The molecule has 5 rings (SSSR count). The third-order valence-corrected chi connectivity index (χ3v) is 6.68. The second-order valence-corrected chi connectivity index (χ2v) is 8.72. The summed E-state index contributed by atoms with van der Waals surface area (Å²) in [7, 11) is 1.57. The molecule has 2 aromatic carbocycles. The Bertz CT molecular complexity index is 1380. The van der Waals surface area contributed by atoms with Crippen LogP contribution in [0.1, 0.15) is 18.9 Å². The van der Waals surface area contributed by atoms with E-state index in [-0.39, 0.29) is 11.9 Å². The molecule has 1 saturated heterocycles. The van der Waals surface area contributed by atoms with Crippen LogP contribution in [-0.2, 0) is 4.79 Å². The van der Waals surface area contributed by atoms with Crippen LogP contribution in [0.4, 0.5) is 0 Å². The van der Waals surface area contributed by atoms with Crippen molar-refractivity contribution in [3.05, 3.63) is 78.6 Å². The molecule has 1 aliphatic rings. The Morgan fingerprint density at radius 2 is 1.86 bits per heavy atom. The summed E-state index contributed by atoms with van der Waals surface area (Å²) >= 11 is 6.37. The number of carbonyl (C=O) groups excluding carboxylic acids is 1. The first kappa shape index (κ1) is 22.9. The van der Waals surface area contributed by atoms with Gasteiger partial charge in [0.15, 0.2) is 0 Å². The zero-order chi connectivity index (χ0) is 24.4. The number of hydrogen-bond acceptors (Lipinski definition) is 5. The van der Waals surface area contributed by atoms with E-state index in [1.165, 1.54) is 6.08 Å². The van der Waals surface area contributed by atoms with E-state index in [9.17, 15) is 4.79 Å². The van der Waals surface area contributed by atoms with Crippen molar-refractivity contribution in [3.63, 3.8) is 0 Å². The lowest BCUT2D eigenvalue weighted by Crippen LogP contribution is -2.38. The number of benzene rings is 2. The van der Waals surface area contributed by atoms with Gasteiger partial charge in [-0.25, -0.2) is 0 Å². The topological polar surface area (TPSA) is 69.5 Å². The third kappa shape index (κ3) is 4.47. The zero-order valence-electron chi connectivity index (χ0n) is 19.4. The fourth-order valence-electron chi connectivity index (χ4n) is 4.47. The molecule has 3 heterocycles. The first-order chi connectivity index (χ1) is 17.1. The minimum atomic E-state index is -0.0174. The number of aromatic nitrogens is 3. The van der Waals surface area contributed by atoms with Crippen LogP contribution in [0.3, 0.4) is 0 Å². The summed E-state index contributed by atoms with van der Waals surface area (Å²) in [5.74, 6) is 1.73. The van der Waals surface area contributed by atoms with Crippen LogP contribution in [-0.4, -0.2) is 45.8 Å². The Hall–Kier alpha value is -3.84. The van der Waals surface area contributed by atoms with Crippen LogP contribution in [0.2, 0.25) is 5.02 Å². The number of halogens is 1. The number of amides is 1. The number of fused-ring (bicyclic) bond motifs is 1. The number of pyridine rings is 1. The largest absolute Gasteiger partial charge is 0.495 e. The van der Waals surface area contributed by atoms with Gasteiger partial charge in [-0.05, 0) is 61.4 Å². The molecule has 0 radical (unpaired) electrons. The molecular formula is C27H25ClN4O3. The fourth-order valence-corrected chi connectivity index (χ4v) is 4.71. The number of ether oxygens (including phenoxy) is 2. The monoisotopic (exact) mass is 488 g/mol. The van der Waals surface area contributed by atoms with E-state index in [1.807, 2.05) is 47.5 Å². The third-order valence-electron chi connectivity index (χ3n) is 6.31. The van der Waals surface area contributed by atoms with E-state index in [1.54, 1.807) is 25.4 Å². The molecule has 0 spiro atoms. The maximum Gasteiger partial charge on any atom is 0.245 e. The molecule has 2 aromatic heterocycles. The molecule has 1 aliphatic heterocycles. The quantitative estimate of drug-likeness (QED) is 0.316. The van der Waals surface area contributed by atoms with E-state index in [0.717, 1.165) is 35.0 Å². The maximum absolute atomic E-state index is 12.0. The number of rotatable bonds is 6. The molecule has 8 heteroatoms. The van der Waals surface area contributed by atoms with E-state index in [0.29, 0.717) is 35.4 Å². The molecule has 4 aromatic rings. The number of piperidine rings is 1. The average Bonchev–Trinajstić information content (AvgIpc) is 3.30. The number of hydrogen-bond donors (Lipinski definition) is 0. The predicted molar refractivity (Wildman–Crippen MR) is 136 cm³/mol. The normalized spacial score (nSPS) is 14.2. The SMILES string of the molecule is C=CC(=O)N1CCC(n2nc(-c3ccc(Oc4cccc(OC)c4Cl)cc3)c3cnccc32)CC1. The van der Waals surface area contributed by atoms with Crippen LogP contribution >= 0.6 is 11.6 Å². The number of methoxy groups -OCH3 is 1. The van der Waals surface area contributed by atoms with Gasteiger partial charge >= 0.3 is 0 Å². The van der Waals surface area contributed by atoms with E-state index < -0.39 is 0 Å². The molecular weight excluding hydrogens is 464 g/mol. The van der Waals surface area contributed by atoms with Gasteiger partial charge in [0.1, 0.15) is 28.0 Å². The van der Waals surface area contributed by atoms with Gasteiger partial charge < -0.3 is 14.4 Å². The lowest BCUT2D eigenvalue weighted by molar-refractivity contribution is -0.127. The van der Waals surface area contributed by atoms with Gasteiger partial charge in [0.05, 0.1) is 18.7 Å². The van der Waals surface area contributed by atoms with Crippen molar-refractivity contribution >= 4 is 28.4 Å². The lowest BCUT2D eigenvalue weighted by atomic mass is 10.0. The summed E-state index contributed by atoms with van der Waals surface area (Å²) in [5, 5.41) is 6.41. The highest BCUT2D eigenvalue weighted by Crippen LogP contribution is 2.37. The van der Waals surface area contributed by atoms with Crippen molar-refractivity contribution in [1.82, 2.24) is 19.7 Å². The van der Waals surface area contributed by atoms with Crippen LogP contribution in [0.25, 0.3) is 22.2 Å². The van der Waals surface area contributed by atoms with Gasteiger partial charge in [0, 0.05) is 36.4 Å².